The van der Waals surface area contributed by atoms with Crippen molar-refractivity contribution in [2.24, 2.45) is 0 Å². The van der Waals surface area contributed by atoms with Crippen molar-refractivity contribution >= 4 is 15.9 Å². The summed E-state index contributed by atoms with van der Waals surface area (Å²) in [7, 11) is -3.51. The topological polar surface area (TPSA) is 108 Å². The Hall–Kier alpha value is -2.41. The van der Waals surface area contributed by atoms with Crippen molar-refractivity contribution in [1.29, 1.82) is 5.26 Å². The zero-order chi connectivity index (χ0) is 21.4. The lowest BCUT2D eigenvalue weighted by Crippen LogP contribution is -2.31. The summed E-state index contributed by atoms with van der Waals surface area (Å²) in [5.74, 6) is 0.586. The molecule has 1 aliphatic heterocycles. The Morgan fingerprint density at radius 3 is 2.53 bits per heavy atom. The summed E-state index contributed by atoms with van der Waals surface area (Å²) < 4.78 is 38.4. The van der Waals surface area contributed by atoms with E-state index in [0.717, 1.165) is 32.1 Å². The fourth-order valence-electron chi connectivity index (χ4n) is 3.36. The summed E-state index contributed by atoms with van der Waals surface area (Å²) in [6.07, 6.45) is 4.70. The van der Waals surface area contributed by atoms with Gasteiger partial charge in [-0.3, -0.25) is 0 Å². The van der Waals surface area contributed by atoms with Gasteiger partial charge in [-0.25, -0.2) is 8.42 Å². The SMILES string of the molecule is CCOCCCNc1oc(-c2ccc(S(=O)(=O)N3CCCCCC3)cc2)nc1C#N. The highest BCUT2D eigenvalue weighted by Crippen LogP contribution is 2.27. The lowest BCUT2D eigenvalue weighted by Gasteiger charge is -2.19. The maximum atomic E-state index is 12.9. The average molecular weight is 433 g/mol. The summed E-state index contributed by atoms with van der Waals surface area (Å²) in [5, 5.41) is 12.4. The number of nitriles is 1. The summed E-state index contributed by atoms with van der Waals surface area (Å²) >= 11 is 0. The first kappa shape index (κ1) is 22.3. The molecule has 0 spiro atoms. The Morgan fingerprint density at radius 1 is 1.20 bits per heavy atom. The van der Waals surface area contributed by atoms with E-state index in [0.29, 0.717) is 44.3 Å². The van der Waals surface area contributed by atoms with Gasteiger partial charge in [0.25, 0.3) is 0 Å². The molecule has 2 aromatic rings. The molecule has 0 amide bonds. The Bertz CT molecular complexity index is 956. The molecule has 0 unspecified atom stereocenters. The summed E-state index contributed by atoms with van der Waals surface area (Å²) in [6.45, 7) is 4.95. The monoisotopic (exact) mass is 432 g/mol. The van der Waals surface area contributed by atoms with Gasteiger partial charge in [0.1, 0.15) is 6.07 Å². The van der Waals surface area contributed by atoms with Gasteiger partial charge in [0.2, 0.25) is 27.5 Å². The van der Waals surface area contributed by atoms with Gasteiger partial charge in [-0.2, -0.15) is 14.6 Å². The average Bonchev–Trinajstić information content (AvgIpc) is 2.96. The lowest BCUT2D eigenvalue weighted by molar-refractivity contribution is 0.147. The van der Waals surface area contributed by atoms with Crippen molar-refractivity contribution in [2.45, 2.75) is 43.9 Å². The van der Waals surface area contributed by atoms with E-state index in [1.807, 2.05) is 13.0 Å². The standard InChI is InChI=1S/C21H28N4O4S/c1-2-28-15-7-12-23-21-19(16-22)24-20(29-21)17-8-10-18(11-9-17)30(26,27)25-13-5-3-4-6-14-25/h8-11,23H,2-7,12-15H2,1H3. The molecule has 1 fully saturated rings. The van der Waals surface area contributed by atoms with Crippen LogP contribution in [0.2, 0.25) is 0 Å². The molecule has 30 heavy (non-hydrogen) atoms. The lowest BCUT2D eigenvalue weighted by atomic mass is 10.2. The van der Waals surface area contributed by atoms with Gasteiger partial charge in [0.05, 0.1) is 4.90 Å². The molecule has 1 aliphatic rings. The Labute approximate surface area is 177 Å². The molecule has 8 nitrogen and oxygen atoms in total. The number of nitrogens with zero attached hydrogens (tertiary/aromatic N) is 3. The molecule has 0 saturated carbocycles. The first-order valence-corrected chi connectivity index (χ1v) is 11.8. The fourth-order valence-corrected chi connectivity index (χ4v) is 4.88. The number of rotatable bonds is 9. The second-order valence-electron chi connectivity index (χ2n) is 7.13. The number of anilines is 1. The van der Waals surface area contributed by atoms with Crippen LogP contribution in [0.1, 0.15) is 44.7 Å². The van der Waals surface area contributed by atoms with Crippen molar-refractivity contribution in [3.63, 3.8) is 0 Å². The van der Waals surface area contributed by atoms with Gasteiger partial charge >= 0.3 is 0 Å². The van der Waals surface area contributed by atoms with E-state index in [2.05, 4.69) is 10.3 Å². The molecule has 1 saturated heterocycles. The van der Waals surface area contributed by atoms with Gasteiger partial charge in [-0.15, -0.1) is 0 Å². The van der Waals surface area contributed by atoms with Crippen LogP contribution in [-0.4, -0.2) is 50.6 Å². The molecule has 0 bridgehead atoms. The number of hydrogen-bond acceptors (Lipinski definition) is 7. The molecule has 1 aromatic carbocycles. The van der Waals surface area contributed by atoms with Gasteiger partial charge < -0.3 is 14.5 Å². The third-order valence-corrected chi connectivity index (χ3v) is 6.91. The summed E-state index contributed by atoms with van der Waals surface area (Å²) in [6, 6.07) is 8.49. The van der Waals surface area contributed by atoms with Gasteiger partial charge in [0, 0.05) is 38.4 Å². The van der Waals surface area contributed by atoms with Crippen LogP contribution in [0.15, 0.2) is 33.6 Å². The van der Waals surface area contributed by atoms with Crippen molar-refractivity contribution in [3.8, 4) is 17.5 Å². The van der Waals surface area contributed by atoms with Crippen molar-refractivity contribution in [1.82, 2.24) is 9.29 Å². The van der Waals surface area contributed by atoms with E-state index < -0.39 is 10.0 Å². The van der Waals surface area contributed by atoms with Crippen molar-refractivity contribution in [2.75, 3.05) is 38.2 Å². The Balaban J connectivity index is 1.72. The zero-order valence-electron chi connectivity index (χ0n) is 17.3. The molecule has 1 N–H and O–H groups in total. The number of nitrogens with one attached hydrogen (secondary N) is 1. The highest BCUT2D eigenvalue weighted by Gasteiger charge is 2.25. The number of ether oxygens (including phenoxy) is 1. The largest absolute Gasteiger partial charge is 0.419 e. The summed E-state index contributed by atoms with van der Waals surface area (Å²) in [4.78, 5) is 4.49. The summed E-state index contributed by atoms with van der Waals surface area (Å²) in [5.41, 5.74) is 0.784. The molecule has 0 aliphatic carbocycles. The predicted octanol–water partition coefficient (Wildman–Crippen LogP) is 3.62. The number of sulfonamides is 1. The van der Waals surface area contributed by atoms with Crippen LogP contribution < -0.4 is 5.32 Å². The molecule has 0 atom stereocenters. The number of benzene rings is 1. The van der Waals surface area contributed by atoms with Gasteiger partial charge in [-0.1, -0.05) is 12.8 Å². The quantitative estimate of drug-likeness (QED) is 0.603. The maximum absolute atomic E-state index is 12.9. The second-order valence-corrected chi connectivity index (χ2v) is 9.07. The Kier molecular flexibility index (Phi) is 7.85. The van der Waals surface area contributed by atoms with E-state index in [-0.39, 0.29) is 16.5 Å². The highest BCUT2D eigenvalue weighted by molar-refractivity contribution is 7.89. The van der Waals surface area contributed by atoms with Gasteiger partial charge in [-0.05, 0) is 50.5 Å². The molecule has 9 heteroatoms. The second kappa shape index (κ2) is 10.6. The zero-order valence-corrected chi connectivity index (χ0v) is 18.1. The van der Waals surface area contributed by atoms with Gasteiger partial charge in [0.15, 0.2) is 0 Å². The van der Waals surface area contributed by atoms with Crippen LogP contribution >= 0.6 is 0 Å². The van der Waals surface area contributed by atoms with Crippen LogP contribution in [0.4, 0.5) is 5.88 Å². The smallest absolute Gasteiger partial charge is 0.243 e. The van der Waals surface area contributed by atoms with E-state index >= 15 is 0 Å². The molecular weight excluding hydrogens is 404 g/mol. The molecular formula is C21H28N4O4S. The predicted molar refractivity (Wildman–Crippen MR) is 113 cm³/mol. The highest BCUT2D eigenvalue weighted by atomic mass is 32.2. The minimum Gasteiger partial charge on any atom is -0.419 e. The van der Waals surface area contributed by atoms with Crippen LogP contribution in [0.5, 0.6) is 0 Å². The molecule has 0 radical (unpaired) electrons. The third kappa shape index (κ3) is 5.39. The van der Waals surface area contributed by atoms with Crippen LogP contribution in [0.3, 0.4) is 0 Å². The first-order valence-electron chi connectivity index (χ1n) is 10.4. The first-order chi connectivity index (χ1) is 14.6. The molecule has 162 valence electrons. The van der Waals surface area contributed by atoms with E-state index in [1.165, 1.54) is 0 Å². The molecule has 2 heterocycles. The minimum atomic E-state index is -3.51. The molecule has 3 rings (SSSR count). The van der Waals surface area contributed by atoms with E-state index in [4.69, 9.17) is 9.15 Å². The van der Waals surface area contributed by atoms with Crippen LogP contribution in [-0.2, 0) is 14.8 Å². The van der Waals surface area contributed by atoms with Crippen LogP contribution in [0.25, 0.3) is 11.5 Å². The third-order valence-electron chi connectivity index (χ3n) is 4.99. The number of aromatic nitrogens is 1. The molecule has 1 aromatic heterocycles. The number of oxazole rings is 1. The van der Waals surface area contributed by atoms with Crippen molar-refractivity contribution in [3.05, 3.63) is 30.0 Å². The van der Waals surface area contributed by atoms with Crippen molar-refractivity contribution < 1.29 is 17.6 Å². The normalized spacial score (nSPS) is 15.5. The minimum absolute atomic E-state index is 0.169. The maximum Gasteiger partial charge on any atom is 0.243 e. The van der Waals surface area contributed by atoms with E-state index in [1.54, 1.807) is 28.6 Å². The number of hydrogen-bond donors (Lipinski definition) is 1. The van der Waals surface area contributed by atoms with E-state index in [9.17, 15) is 13.7 Å². The van der Waals surface area contributed by atoms with Crippen LogP contribution in [0, 0.1) is 11.3 Å². The Morgan fingerprint density at radius 2 is 1.90 bits per heavy atom. The fraction of sp³-hybridized carbons (Fsp3) is 0.524.